The van der Waals surface area contributed by atoms with E-state index in [0.29, 0.717) is 6.54 Å². The van der Waals surface area contributed by atoms with Gasteiger partial charge in [-0.05, 0) is 28.8 Å². The van der Waals surface area contributed by atoms with Crippen molar-refractivity contribution in [1.29, 1.82) is 0 Å². The van der Waals surface area contributed by atoms with Gasteiger partial charge in [0.05, 0.1) is 14.5 Å². The van der Waals surface area contributed by atoms with Crippen molar-refractivity contribution in [3.63, 3.8) is 0 Å². The number of hydrogen-bond donors (Lipinski definition) is 1. The first-order chi connectivity index (χ1) is 5.81. The molecule has 0 spiro atoms. The van der Waals surface area contributed by atoms with Crippen LogP contribution in [0.2, 0.25) is 0 Å². The maximum Gasteiger partial charge on any atom is 0.0971 e. The van der Waals surface area contributed by atoms with Crippen LogP contribution in [-0.2, 0) is 6.54 Å². The molecule has 0 radical (unpaired) electrons. The highest BCUT2D eigenvalue weighted by Crippen LogP contribution is 2.40. The zero-order valence-electron chi connectivity index (χ0n) is 6.72. The molecule has 1 aliphatic carbocycles. The topological polar surface area (TPSA) is 38.9 Å². The highest BCUT2D eigenvalue weighted by atomic mass is 79.9. The van der Waals surface area contributed by atoms with Crippen molar-refractivity contribution < 1.29 is 0 Å². The molecule has 0 atom stereocenters. The Labute approximate surface area is 84.3 Å². The van der Waals surface area contributed by atoms with Crippen LogP contribution < -0.4 is 5.73 Å². The Morgan fingerprint density at radius 3 is 2.75 bits per heavy atom. The molecule has 1 saturated carbocycles. The van der Waals surface area contributed by atoms with E-state index >= 15 is 0 Å². The summed E-state index contributed by atoms with van der Waals surface area (Å²) in [6, 6.07) is 0. The van der Waals surface area contributed by atoms with Crippen LogP contribution in [0.25, 0.3) is 0 Å². The molecule has 1 heterocycles. The van der Waals surface area contributed by atoms with Crippen molar-refractivity contribution in [3.05, 3.63) is 14.5 Å². The van der Waals surface area contributed by atoms with Gasteiger partial charge in [0.25, 0.3) is 0 Å². The second-order valence-electron chi connectivity index (χ2n) is 3.10. The quantitative estimate of drug-likeness (QED) is 0.872. The Morgan fingerprint density at radius 2 is 2.33 bits per heavy atom. The number of halogens is 1. The number of nitrogens with zero attached hydrogens (tertiary/aromatic N) is 1. The standard InChI is InChI=1S/C8H11BrN2S/c9-7-6(4-10)11-8(12-7)5-2-1-3-5/h5H,1-4,10H2. The summed E-state index contributed by atoms with van der Waals surface area (Å²) < 4.78 is 1.12. The Morgan fingerprint density at radius 1 is 1.58 bits per heavy atom. The molecule has 4 heteroatoms. The third-order valence-electron chi connectivity index (χ3n) is 2.31. The van der Waals surface area contributed by atoms with Crippen molar-refractivity contribution in [2.45, 2.75) is 31.7 Å². The van der Waals surface area contributed by atoms with Crippen LogP contribution in [0.4, 0.5) is 0 Å². The Bertz CT molecular complexity index is 281. The van der Waals surface area contributed by atoms with Gasteiger partial charge in [0.15, 0.2) is 0 Å². The zero-order chi connectivity index (χ0) is 8.55. The molecule has 1 aromatic rings. The predicted octanol–water partition coefficient (Wildman–Crippen LogP) is 2.63. The monoisotopic (exact) mass is 246 g/mol. The molecule has 0 amide bonds. The molecule has 2 N–H and O–H groups in total. The molecule has 0 aromatic carbocycles. The van der Waals surface area contributed by atoms with Crippen LogP contribution in [0, 0.1) is 0 Å². The van der Waals surface area contributed by atoms with Crippen LogP contribution in [0.1, 0.15) is 35.9 Å². The van der Waals surface area contributed by atoms with E-state index < -0.39 is 0 Å². The average Bonchev–Trinajstić information content (AvgIpc) is 2.27. The lowest BCUT2D eigenvalue weighted by Crippen LogP contribution is -2.08. The molecule has 66 valence electrons. The molecular formula is C8H11BrN2S. The number of thiazole rings is 1. The van der Waals surface area contributed by atoms with Crippen molar-refractivity contribution >= 4 is 27.3 Å². The lowest BCUT2D eigenvalue weighted by molar-refractivity contribution is 0.417. The first-order valence-electron chi connectivity index (χ1n) is 4.16. The fourth-order valence-electron chi connectivity index (χ4n) is 1.31. The largest absolute Gasteiger partial charge is 0.325 e. The summed E-state index contributed by atoms with van der Waals surface area (Å²) in [6.07, 6.45) is 3.98. The van der Waals surface area contributed by atoms with E-state index in [4.69, 9.17) is 5.73 Å². The lowest BCUT2D eigenvalue weighted by atomic mass is 9.86. The maximum absolute atomic E-state index is 5.54. The maximum atomic E-state index is 5.54. The SMILES string of the molecule is NCc1nc(C2CCC2)sc1Br. The summed E-state index contributed by atoms with van der Waals surface area (Å²) in [7, 11) is 0. The highest BCUT2D eigenvalue weighted by Gasteiger charge is 2.23. The first-order valence-corrected chi connectivity index (χ1v) is 5.77. The van der Waals surface area contributed by atoms with Crippen LogP contribution in [0.3, 0.4) is 0 Å². The van der Waals surface area contributed by atoms with Crippen molar-refractivity contribution in [1.82, 2.24) is 4.98 Å². The lowest BCUT2D eigenvalue weighted by Gasteiger charge is -2.22. The average molecular weight is 247 g/mol. The van der Waals surface area contributed by atoms with E-state index in [9.17, 15) is 0 Å². The molecule has 1 fully saturated rings. The van der Waals surface area contributed by atoms with Crippen LogP contribution in [0.5, 0.6) is 0 Å². The van der Waals surface area contributed by atoms with Crippen LogP contribution >= 0.6 is 27.3 Å². The Hall–Kier alpha value is 0.0700. The molecule has 2 nitrogen and oxygen atoms in total. The van der Waals surface area contributed by atoms with E-state index in [1.165, 1.54) is 24.3 Å². The minimum absolute atomic E-state index is 0.545. The van der Waals surface area contributed by atoms with E-state index in [1.54, 1.807) is 11.3 Å². The third kappa shape index (κ3) is 1.43. The summed E-state index contributed by atoms with van der Waals surface area (Å²) in [4.78, 5) is 4.50. The van der Waals surface area contributed by atoms with Crippen LogP contribution in [-0.4, -0.2) is 4.98 Å². The van der Waals surface area contributed by atoms with Gasteiger partial charge in [-0.3, -0.25) is 0 Å². The van der Waals surface area contributed by atoms with Crippen molar-refractivity contribution in [3.8, 4) is 0 Å². The molecule has 0 bridgehead atoms. The second-order valence-corrected chi connectivity index (χ2v) is 5.45. The smallest absolute Gasteiger partial charge is 0.0971 e. The normalized spacial score (nSPS) is 17.8. The van der Waals surface area contributed by atoms with Crippen molar-refractivity contribution in [2.24, 2.45) is 5.73 Å². The van der Waals surface area contributed by atoms with Gasteiger partial charge in [-0.1, -0.05) is 6.42 Å². The fourth-order valence-corrected chi connectivity index (χ4v) is 3.04. The van der Waals surface area contributed by atoms with Crippen molar-refractivity contribution in [2.75, 3.05) is 0 Å². The molecule has 1 aliphatic rings. The molecule has 12 heavy (non-hydrogen) atoms. The minimum Gasteiger partial charge on any atom is -0.325 e. The Kier molecular flexibility index (Phi) is 2.48. The molecule has 0 aliphatic heterocycles. The predicted molar refractivity (Wildman–Crippen MR) is 54.3 cm³/mol. The minimum atomic E-state index is 0.545. The molecule has 2 rings (SSSR count). The van der Waals surface area contributed by atoms with Gasteiger partial charge in [0.1, 0.15) is 0 Å². The first kappa shape index (κ1) is 8.66. The number of rotatable bonds is 2. The van der Waals surface area contributed by atoms with E-state index in [2.05, 4.69) is 20.9 Å². The second kappa shape index (κ2) is 3.44. The summed E-state index contributed by atoms with van der Waals surface area (Å²) in [5.74, 6) is 0.728. The fraction of sp³-hybridized carbons (Fsp3) is 0.625. The summed E-state index contributed by atoms with van der Waals surface area (Å²) in [5.41, 5.74) is 6.55. The van der Waals surface area contributed by atoms with E-state index in [-0.39, 0.29) is 0 Å². The summed E-state index contributed by atoms with van der Waals surface area (Å²) >= 11 is 5.22. The van der Waals surface area contributed by atoms with Gasteiger partial charge in [-0.2, -0.15) is 0 Å². The zero-order valence-corrected chi connectivity index (χ0v) is 9.12. The number of nitrogens with two attached hydrogens (primary N) is 1. The molecule has 0 saturated heterocycles. The molecule has 0 unspecified atom stereocenters. The number of aromatic nitrogens is 1. The van der Waals surface area contributed by atoms with E-state index in [0.717, 1.165) is 15.4 Å². The summed E-state index contributed by atoms with van der Waals surface area (Å²) in [5, 5.41) is 1.27. The van der Waals surface area contributed by atoms with Gasteiger partial charge in [-0.15, -0.1) is 11.3 Å². The van der Waals surface area contributed by atoms with E-state index in [1.807, 2.05) is 0 Å². The van der Waals surface area contributed by atoms with Crippen LogP contribution in [0.15, 0.2) is 3.79 Å². The molecular weight excluding hydrogens is 236 g/mol. The van der Waals surface area contributed by atoms with Gasteiger partial charge in [0.2, 0.25) is 0 Å². The van der Waals surface area contributed by atoms with Gasteiger partial charge in [-0.25, -0.2) is 4.98 Å². The summed E-state index contributed by atoms with van der Waals surface area (Å²) in [6.45, 7) is 0.545. The van der Waals surface area contributed by atoms with Gasteiger partial charge < -0.3 is 5.73 Å². The Balaban J connectivity index is 2.21. The number of hydrogen-bond acceptors (Lipinski definition) is 3. The van der Waals surface area contributed by atoms with Gasteiger partial charge in [0, 0.05) is 12.5 Å². The third-order valence-corrected chi connectivity index (χ3v) is 4.31. The van der Waals surface area contributed by atoms with Gasteiger partial charge >= 0.3 is 0 Å². The highest BCUT2D eigenvalue weighted by molar-refractivity contribution is 9.11. The molecule has 1 aromatic heterocycles.